The average molecular weight is 262 g/mol. The molecule has 1 saturated heterocycles. The maximum absolute atomic E-state index is 4.68. The van der Waals surface area contributed by atoms with E-state index < -0.39 is 0 Å². The first kappa shape index (κ1) is 14.3. The molecule has 0 aromatic carbocycles. The summed E-state index contributed by atoms with van der Waals surface area (Å²) >= 11 is 0. The zero-order valence-electron chi connectivity index (χ0n) is 12.6. The molecule has 0 spiro atoms. The SMILES string of the molecule is CCNC(C)C1CCCN(c2cnc(C)c(C)n2)C1. The van der Waals surface area contributed by atoms with Crippen molar-refractivity contribution in [1.82, 2.24) is 15.3 Å². The number of aromatic nitrogens is 2. The van der Waals surface area contributed by atoms with Gasteiger partial charge >= 0.3 is 0 Å². The van der Waals surface area contributed by atoms with Crippen LogP contribution in [0.5, 0.6) is 0 Å². The Morgan fingerprint density at radius 2 is 2.21 bits per heavy atom. The third kappa shape index (κ3) is 3.44. The second-order valence-electron chi connectivity index (χ2n) is 5.59. The fraction of sp³-hybridized carbons (Fsp3) is 0.733. The van der Waals surface area contributed by atoms with Crippen molar-refractivity contribution >= 4 is 5.82 Å². The molecule has 0 saturated carbocycles. The van der Waals surface area contributed by atoms with Gasteiger partial charge in [-0.15, -0.1) is 0 Å². The lowest BCUT2D eigenvalue weighted by molar-refractivity contribution is 0.323. The normalized spacial score (nSPS) is 21.5. The monoisotopic (exact) mass is 262 g/mol. The van der Waals surface area contributed by atoms with Crippen LogP contribution in [0, 0.1) is 19.8 Å². The van der Waals surface area contributed by atoms with Gasteiger partial charge in [0.2, 0.25) is 0 Å². The summed E-state index contributed by atoms with van der Waals surface area (Å²) in [7, 11) is 0. The Labute approximate surface area is 116 Å². The number of rotatable bonds is 4. The zero-order chi connectivity index (χ0) is 13.8. The number of anilines is 1. The van der Waals surface area contributed by atoms with Crippen molar-refractivity contribution in [3.63, 3.8) is 0 Å². The Balaban J connectivity index is 2.06. The predicted molar refractivity (Wildman–Crippen MR) is 79.6 cm³/mol. The van der Waals surface area contributed by atoms with Crippen molar-refractivity contribution in [1.29, 1.82) is 0 Å². The third-order valence-electron chi connectivity index (χ3n) is 4.19. The lowest BCUT2D eigenvalue weighted by atomic mass is 9.91. The standard InChI is InChI=1S/C15H26N4/c1-5-16-13(4)14-7-6-8-19(10-14)15-9-17-11(2)12(3)18-15/h9,13-14,16H,5-8,10H2,1-4H3. The average Bonchev–Trinajstić information content (AvgIpc) is 2.42. The first-order valence-electron chi connectivity index (χ1n) is 7.40. The highest BCUT2D eigenvalue weighted by Gasteiger charge is 2.25. The van der Waals surface area contributed by atoms with Gasteiger partial charge in [-0.2, -0.15) is 0 Å². The number of nitrogens with one attached hydrogen (secondary N) is 1. The molecular weight excluding hydrogens is 236 g/mol. The predicted octanol–water partition coefficient (Wildman–Crippen LogP) is 2.31. The molecule has 1 aromatic heterocycles. The molecule has 2 atom stereocenters. The minimum atomic E-state index is 0.576. The molecule has 1 fully saturated rings. The number of piperidine rings is 1. The number of nitrogens with zero attached hydrogens (tertiary/aromatic N) is 3. The van der Waals surface area contributed by atoms with Crippen molar-refractivity contribution in [2.45, 2.75) is 46.6 Å². The summed E-state index contributed by atoms with van der Waals surface area (Å²) < 4.78 is 0. The molecule has 0 radical (unpaired) electrons. The van der Waals surface area contributed by atoms with Gasteiger partial charge in [-0.05, 0) is 46.1 Å². The Hall–Kier alpha value is -1.16. The van der Waals surface area contributed by atoms with Crippen molar-refractivity contribution in [2.24, 2.45) is 5.92 Å². The van der Waals surface area contributed by atoms with Crippen molar-refractivity contribution < 1.29 is 0 Å². The molecule has 2 rings (SSSR count). The summed E-state index contributed by atoms with van der Waals surface area (Å²) in [5.41, 5.74) is 2.07. The highest BCUT2D eigenvalue weighted by atomic mass is 15.2. The number of hydrogen-bond donors (Lipinski definition) is 1. The summed E-state index contributed by atoms with van der Waals surface area (Å²) in [6.07, 6.45) is 4.47. The second kappa shape index (κ2) is 6.33. The minimum Gasteiger partial charge on any atom is -0.355 e. The fourth-order valence-corrected chi connectivity index (χ4v) is 2.80. The molecule has 1 aromatic rings. The Morgan fingerprint density at radius 3 is 2.89 bits per heavy atom. The molecule has 0 aliphatic carbocycles. The van der Waals surface area contributed by atoms with Gasteiger partial charge in [-0.1, -0.05) is 6.92 Å². The van der Waals surface area contributed by atoms with E-state index in [1.54, 1.807) is 0 Å². The van der Waals surface area contributed by atoms with Gasteiger partial charge in [-0.25, -0.2) is 4.98 Å². The van der Waals surface area contributed by atoms with E-state index >= 15 is 0 Å². The number of aryl methyl sites for hydroxylation is 2. The molecule has 2 heterocycles. The fourth-order valence-electron chi connectivity index (χ4n) is 2.80. The molecule has 1 aliphatic rings. The lowest BCUT2D eigenvalue weighted by Gasteiger charge is -2.36. The molecule has 19 heavy (non-hydrogen) atoms. The first-order chi connectivity index (χ1) is 9.11. The Kier molecular flexibility index (Phi) is 4.75. The largest absolute Gasteiger partial charge is 0.355 e. The molecule has 1 aliphatic heterocycles. The van der Waals surface area contributed by atoms with Gasteiger partial charge in [0.25, 0.3) is 0 Å². The van der Waals surface area contributed by atoms with Crippen molar-refractivity contribution in [3.05, 3.63) is 17.6 Å². The molecular formula is C15H26N4. The van der Waals surface area contributed by atoms with E-state index in [0.29, 0.717) is 12.0 Å². The van der Waals surface area contributed by atoms with Crippen LogP contribution in [0.4, 0.5) is 5.82 Å². The first-order valence-corrected chi connectivity index (χ1v) is 7.40. The zero-order valence-corrected chi connectivity index (χ0v) is 12.6. The molecule has 2 unspecified atom stereocenters. The van der Waals surface area contributed by atoms with Gasteiger partial charge in [-0.3, -0.25) is 4.98 Å². The Morgan fingerprint density at radius 1 is 1.42 bits per heavy atom. The van der Waals surface area contributed by atoms with Gasteiger partial charge in [0, 0.05) is 19.1 Å². The van der Waals surface area contributed by atoms with E-state index in [4.69, 9.17) is 0 Å². The summed E-state index contributed by atoms with van der Waals surface area (Å²) in [6.45, 7) is 11.8. The van der Waals surface area contributed by atoms with E-state index in [9.17, 15) is 0 Å². The van der Waals surface area contributed by atoms with Crippen LogP contribution in [-0.2, 0) is 0 Å². The number of hydrogen-bond acceptors (Lipinski definition) is 4. The minimum absolute atomic E-state index is 0.576. The maximum Gasteiger partial charge on any atom is 0.147 e. The van der Waals surface area contributed by atoms with Crippen LogP contribution in [0.3, 0.4) is 0 Å². The quantitative estimate of drug-likeness (QED) is 0.904. The van der Waals surface area contributed by atoms with E-state index in [-0.39, 0.29) is 0 Å². The molecule has 0 bridgehead atoms. The highest BCUT2D eigenvalue weighted by Crippen LogP contribution is 2.23. The summed E-state index contributed by atoms with van der Waals surface area (Å²) in [4.78, 5) is 11.5. The van der Waals surface area contributed by atoms with E-state index in [0.717, 1.165) is 36.8 Å². The highest BCUT2D eigenvalue weighted by molar-refractivity contribution is 5.38. The van der Waals surface area contributed by atoms with Crippen molar-refractivity contribution in [3.8, 4) is 0 Å². The van der Waals surface area contributed by atoms with Gasteiger partial charge < -0.3 is 10.2 Å². The van der Waals surface area contributed by atoms with Crippen molar-refractivity contribution in [2.75, 3.05) is 24.5 Å². The van der Waals surface area contributed by atoms with E-state index in [1.807, 2.05) is 20.0 Å². The van der Waals surface area contributed by atoms with E-state index in [1.165, 1.54) is 12.8 Å². The molecule has 4 nitrogen and oxygen atoms in total. The maximum atomic E-state index is 4.68. The van der Waals surface area contributed by atoms with Crippen LogP contribution in [0.25, 0.3) is 0 Å². The van der Waals surface area contributed by atoms with Crippen LogP contribution >= 0.6 is 0 Å². The van der Waals surface area contributed by atoms with Crippen LogP contribution in [0.1, 0.15) is 38.1 Å². The van der Waals surface area contributed by atoms with E-state index in [2.05, 4.69) is 34.0 Å². The molecule has 0 amide bonds. The second-order valence-corrected chi connectivity index (χ2v) is 5.59. The van der Waals surface area contributed by atoms with Gasteiger partial charge in [0.15, 0.2) is 0 Å². The third-order valence-corrected chi connectivity index (χ3v) is 4.19. The topological polar surface area (TPSA) is 41.0 Å². The summed E-state index contributed by atoms with van der Waals surface area (Å²) in [5.74, 6) is 1.74. The Bertz CT molecular complexity index is 419. The van der Waals surface area contributed by atoms with Crippen LogP contribution in [0.2, 0.25) is 0 Å². The van der Waals surface area contributed by atoms with Gasteiger partial charge in [0.1, 0.15) is 5.82 Å². The van der Waals surface area contributed by atoms with Crippen LogP contribution in [0.15, 0.2) is 6.20 Å². The summed E-state index contributed by atoms with van der Waals surface area (Å²) in [6, 6.07) is 0.576. The lowest BCUT2D eigenvalue weighted by Crippen LogP contribution is -2.44. The van der Waals surface area contributed by atoms with Gasteiger partial charge in [0.05, 0.1) is 17.6 Å². The molecule has 106 valence electrons. The summed E-state index contributed by atoms with van der Waals surface area (Å²) in [5, 5.41) is 3.55. The van der Waals surface area contributed by atoms with Crippen LogP contribution < -0.4 is 10.2 Å². The molecule has 4 heteroatoms. The van der Waals surface area contributed by atoms with Crippen LogP contribution in [-0.4, -0.2) is 35.6 Å². The molecule has 1 N–H and O–H groups in total. The smallest absolute Gasteiger partial charge is 0.147 e.